The van der Waals surface area contributed by atoms with Gasteiger partial charge in [-0.1, -0.05) is 18.2 Å². The maximum absolute atomic E-state index is 13.7. The first-order valence-corrected chi connectivity index (χ1v) is 11.3. The van der Waals surface area contributed by atoms with Crippen molar-refractivity contribution in [1.29, 1.82) is 0 Å². The van der Waals surface area contributed by atoms with Crippen LogP contribution in [0.15, 0.2) is 54.6 Å². The molecule has 0 aliphatic carbocycles. The van der Waals surface area contributed by atoms with Gasteiger partial charge in [0.05, 0.1) is 25.2 Å². The van der Waals surface area contributed by atoms with E-state index in [0.29, 0.717) is 30.2 Å². The average molecular weight is 477 g/mol. The Labute approximate surface area is 204 Å². The Bertz CT molecular complexity index is 1250. The van der Waals surface area contributed by atoms with E-state index in [0.717, 1.165) is 22.3 Å². The zero-order valence-electron chi connectivity index (χ0n) is 20.2. The van der Waals surface area contributed by atoms with Crippen LogP contribution in [0.2, 0.25) is 0 Å². The van der Waals surface area contributed by atoms with Gasteiger partial charge in [0.1, 0.15) is 17.9 Å². The highest BCUT2D eigenvalue weighted by Gasteiger charge is 2.35. The summed E-state index contributed by atoms with van der Waals surface area (Å²) in [6, 6.07) is 15.3. The number of carbonyl (C=O) groups excluding carboxylic acids is 1. The third kappa shape index (κ3) is 4.91. The van der Waals surface area contributed by atoms with Crippen molar-refractivity contribution in [3.63, 3.8) is 0 Å². The Morgan fingerprint density at radius 3 is 2.34 bits per heavy atom. The topological polar surface area (TPSA) is 91.1 Å². The monoisotopic (exact) mass is 476 g/mol. The molecular formula is C27H28N2O6. The lowest BCUT2D eigenvalue weighted by molar-refractivity contribution is -0.385. The molecule has 1 aliphatic rings. The van der Waals surface area contributed by atoms with Crippen LogP contribution in [0.4, 0.5) is 5.69 Å². The van der Waals surface area contributed by atoms with Gasteiger partial charge in [0.15, 0.2) is 11.5 Å². The Kier molecular flexibility index (Phi) is 6.91. The molecule has 1 heterocycles. The standard InChI is InChI=1S/C27H28N2O6/c1-17-11-18(2)13-20(12-17)35-16-24-22-15-26(34-4)25(33-3)14-19(22)9-10-28(24)27(30)21-7-5-6-8-23(21)29(31)32/h5-8,11-15,24H,9-10,16H2,1-4H3. The molecule has 0 radical (unpaired) electrons. The molecule has 0 N–H and O–H groups in total. The summed E-state index contributed by atoms with van der Waals surface area (Å²) in [5, 5.41) is 11.6. The van der Waals surface area contributed by atoms with Gasteiger partial charge in [-0.3, -0.25) is 14.9 Å². The summed E-state index contributed by atoms with van der Waals surface area (Å²) in [5.74, 6) is 1.45. The van der Waals surface area contributed by atoms with Gasteiger partial charge in [-0.05, 0) is 72.9 Å². The second kappa shape index (κ2) is 10.0. The zero-order valence-corrected chi connectivity index (χ0v) is 20.2. The van der Waals surface area contributed by atoms with Crippen LogP contribution in [0.5, 0.6) is 17.2 Å². The van der Waals surface area contributed by atoms with Crippen LogP contribution < -0.4 is 14.2 Å². The van der Waals surface area contributed by atoms with Gasteiger partial charge in [0, 0.05) is 12.6 Å². The van der Waals surface area contributed by atoms with Crippen LogP contribution in [0.25, 0.3) is 0 Å². The van der Waals surface area contributed by atoms with Crippen molar-refractivity contribution in [2.24, 2.45) is 0 Å². The molecule has 0 bridgehead atoms. The van der Waals surface area contributed by atoms with Gasteiger partial charge in [0.25, 0.3) is 11.6 Å². The third-order valence-corrected chi connectivity index (χ3v) is 6.20. The van der Waals surface area contributed by atoms with Gasteiger partial charge < -0.3 is 19.1 Å². The number of fused-ring (bicyclic) bond motifs is 1. The van der Waals surface area contributed by atoms with Crippen LogP contribution in [0.1, 0.15) is 38.7 Å². The van der Waals surface area contributed by atoms with Crippen LogP contribution in [0, 0.1) is 24.0 Å². The third-order valence-electron chi connectivity index (χ3n) is 6.20. The fraction of sp³-hybridized carbons (Fsp3) is 0.296. The molecule has 3 aromatic rings. The lowest BCUT2D eigenvalue weighted by Gasteiger charge is -2.37. The van der Waals surface area contributed by atoms with Crippen LogP contribution in [-0.2, 0) is 6.42 Å². The minimum absolute atomic E-state index is 0.0535. The maximum Gasteiger partial charge on any atom is 0.282 e. The number of nitro groups is 1. The number of rotatable bonds is 7. The van der Waals surface area contributed by atoms with Crippen molar-refractivity contribution in [3.8, 4) is 17.2 Å². The van der Waals surface area contributed by atoms with E-state index in [1.54, 1.807) is 31.3 Å². The van der Waals surface area contributed by atoms with Crippen molar-refractivity contribution < 1.29 is 23.9 Å². The quantitative estimate of drug-likeness (QED) is 0.350. The largest absolute Gasteiger partial charge is 0.493 e. The number of benzene rings is 3. The number of ether oxygens (including phenoxy) is 3. The van der Waals surface area contributed by atoms with Crippen LogP contribution in [0.3, 0.4) is 0 Å². The molecular weight excluding hydrogens is 448 g/mol. The van der Waals surface area contributed by atoms with E-state index < -0.39 is 16.9 Å². The van der Waals surface area contributed by atoms with Gasteiger partial charge in [-0.25, -0.2) is 0 Å². The average Bonchev–Trinajstić information content (AvgIpc) is 2.85. The molecule has 0 saturated carbocycles. The predicted octanol–water partition coefficient (Wildman–Crippen LogP) is 5.05. The van der Waals surface area contributed by atoms with E-state index in [2.05, 4.69) is 6.07 Å². The fourth-order valence-electron chi connectivity index (χ4n) is 4.61. The van der Waals surface area contributed by atoms with E-state index in [1.807, 2.05) is 38.1 Å². The first-order chi connectivity index (χ1) is 16.8. The van der Waals surface area contributed by atoms with Crippen molar-refractivity contribution in [3.05, 3.63) is 92.5 Å². The fourth-order valence-corrected chi connectivity index (χ4v) is 4.61. The Morgan fingerprint density at radius 1 is 1.03 bits per heavy atom. The summed E-state index contributed by atoms with van der Waals surface area (Å²) in [7, 11) is 3.14. The lowest BCUT2D eigenvalue weighted by Crippen LogP contribution is -2.42. The molecule has 8 nitrogen and oxygen atoms in total. The second-order valence-electron chi connectivity index (χ2n) is 8.58. The van der Waals surface area contributed by atoms with Gasteiger partial charge in [-0.15, -0.1) is 0 Å². The molecule has 0 saturated heterocycles. The molecule has 8 heteroatoms. The van der Waals surface area contributed by atoms with Crippen molar-refractivity contribution in [2.75, 3.05) is 27.4 Å². The summed E-state index contributed by atoms with van der Waals surface area (Å²) in [6.07, 6.45) is 0.572. The minimum Gasteiger partial charge on any atom is -0.493 e. The predicted molar refractivity (Wildman–Crippen MR) is 132 cm³/mol. The van der Waals surface area contributed by atoms with Crippen molar-refractivity contribution >= 4 is 11.6 Å². The molecule has 0 spiro atoms. The molecule has 35 heavy (non-hydrogen) atoms. The highest BCUT2D eigenvalue weighted by atomic mass is 16.6. The Balaban J connectivity index is 1.75. The number of carbonyl (C=O) groups is 1. The number of aryl methyl sites for hydroxylation is 2. The molecule has 0 fully saturated rings. The molecule has 0 aromatic heterocycles. The number of nitrogens with zero attached hydrogens (tertiary/aromatic N) is 2. The molecule has 1 aliphatic heterocycles. The summed E-state index contributed by atoms with van der Waals surface area (Å²) in [6.45, 7) is 4.56. The number of para-hydroxylation sites is 1. The molecule has 4 rings (SSSR count). The van der Waals surface area contributed by atoms with E-state index in [-0.39, 0.29) is 17.9 Å². The summed E-state index contributed by atoms with van der Waals surface area (Å²) < 4.78 is 17.2. The van der Waals surface area contributed by atoms with E-state index in [4.69, 9.17) is 14.2 Å². The van der Waals surface area contributed by atoms with Crippen LogP contribution in [-0.4, -0.2) is 43.1 Å². The summed E-state index contributed by atoms with van der Waals surface area (Å²) >= 11 is 0. The number of amides is 1. The van der Waals surface area contributed by atoms with Crippen molar-refractivity contribution in [1.82, 2.24) is 4.90 Å². The summed E-state index contributed by atoms with van der Waals surface area (Å²) in [5.41, 5.74) is 3.86. The smallest absolute Gasteiger partial charge is 0.282 e. The normalized spacial score (nSPS) is 14.7. The first-order valence-electron chi connectivity index (χ1n) is 11.3. The number of nitro benzene ring substituents is 1. The number of hydrogen-bond acceptors (Lipinski definition) is 6. The Hall–Kier alpha value is -4.07. The highest BCUT2D eigenvalue weighted by molar-refractivity contribution is 5.98. The van der Waals surface area contributed by atoms with E-state index in [1.165, 1.54) is 12.1 Å². The zero-order chi connectivity index (χ0) is 25.1. The second-order valence-corrected chi connectivity index (χ2v) is 8.58. The molecule has 1 unspecified atom stereocenters. The number of hydrogen-bond donors (Lipinski definition) is 0. The molecule has 182 valence electrons. The van der Waals surface area contributed by atoms with Gasteiger partial charge in [-0.2, -0.15) is 0 Å². The SMILES string of the molecule is COc1cc2c(cc1OC)C(COc1cc(C)cc(C)c1)N(C(=O)c1ccccc1[N+](=O)[O-])CC2. The summed E-state index contributed by atoms with van der Waals surface area (Å²) in [4.78, 5) is 26.4. The van der Waals surface area contributed by atoms with Gasteiger partial charge in [0.2, 0.25) is 0 Å². The highest BCUT2D eigenvalue weighted by Crippen LogP contribution is 2.39. The first kappa shape index (κ1) is 24.1. The van der Waals surface area contributed by atoms with E-state index in [9.17, 15) is 14.9 Å². The minimum atomic E-state index is -0.528. The number of methoxy groups -OCH3 is 2. The molecule has 1 amide bonds. The van der Waals surface area contributed by atoms with Crippen molar-refractivity contribution in [2.45, 2.75) is 26.3 Å². The molecule has 3 aromatic carbocycles. The van der Waals surface area contributed by atoms with Crippen LogP contribution >= 0.6 is 0 Å². The molecule has 1 atom stereocenters. The van der Waals surface area contributed by atoms with E-state index >= 15 is 0 Å². The van der Waals surface area contributed by atoms with Gasteiger partial charge >= 0.3 is 0 Å². The lowest BCUT2D eigenvalue weighted by atomic mass is 9.91. The Morgan fingerprint density at radius 2 is 1.69 bits per heavy atom. The maximum atomic E-state index is 13.7.